The number of rotatable bonds is 6. The van der Waals surface area contributed by atoms with Gasteiger partial charge >= 0.3 is 0 Å². The van der Waals surface area contributed by atoms with E-state index in [4.69, 9.17) is 4.42 Å². The number of fused-ring (bicyclic) bond motifs is 1. The van der Waals surface area contributed by atoms with Crippen LogP contribution < -0.4 is 0 Å². The Labute approximate surface area is 107 Å². The smallest absolute Gasteiger partial charge is 0.270 e. The van der Waals surface area contributed by atoms with Gasteiger partial charge in [0.1, 0.15) is 5.69 Å². The molecule has 4 heteroatoms. The molecule has 1 amide bonds. The first-order valence-corrected chi connectivity index (χ1v) is 6.61. The minimum Gasteiger partial charge on any atom is -0.463 e. The normalized spacial score (nSPS) is 11.0. The van der Waals surface area contributed by atoms with Gasteiger partial charge in [0.15, 0.2) is 5.58 Å². The van der Waals surface area contributed by atoms with Crippen LogP contribution in [0.2, 0.25) is 0 Å². The quantitative estimate of drug-likeness (QED) is 0.851. The molecule has 2 aromatic rings. The third-order valence-corrected chi connectivity index (χ3v) is 3.03. The summed E-state index contributed by atoms with van der Waals surface area (Å²) in [4.78, 5) is 17.4. The van der Waals surface area contributed by atoms with E-state index in [0.717, 1.165) is 43.5 Å². The Balaban J connectivity index is 2.13. The van der Waals surface area contributed by atoms with E-state index in [2.05, 4.69) is 18.8 Å². The van der Waals surface area contributed by atoms with Gasteiger partial charge in [0.2, 0.25) is 0 Å². The van der Waals surface area contributed by atoms with Crippen molar-refractivity contribution in [2.45, 2.75) is 33.1 Å². The Kier molecular flexibility index (Phi) is 4.07. The van der Waals surface area contributed by atoms with Crippen LogP contribution in [0.1, 0.15) is 43.6 Å². The molecule has 0 bridgehead atoms. The van der Waals surface area contributed by atoms with Crippen molar-refractivity contribution in [1.29, 1.82) is 0 Å². The second-order valence-corrected chi connectivity index (χ2v) is 4.53. The Morgan fingerprint density at radius 2 is 2.17 bits per heavy atom. The molecule has 0 saturated heterocycles. The summed E-state index contributed by atoms with van der Waals surface area (Å²) in [5.74, 6) is 0.0664. The maximum atomic E-state index is 12.4. The molecule has 2 heterocycles. The van der Waals surface area contributed by atoms with E-state index in [-0.39, 0.29) is 5.91 Å². The van der Waals surface area contributed by atoms with E-state index in [9.17, 15) is 4.79 Å². The lowest BCUT2D eigenvalue weighted by atomic mass is 10.2. The van der Waals surface area contributed by atoms with Crippen molar-refractivity contribution in [3.63, 3.8) is 0 Å². The number of nitrogens with zero attached hydrogens (tertiary/aromatic N) is 1. The molecule has 2 aromatic heterocycles. The number of H-pyrrole nitrogens is 1. The second kappa shape index (κ2) is 5.76. The van der Waals surface area contributed by atoms with E-state index < -0.39 is 0 Å². The number of furan rings is 1. The minimum absolute atomic E-state index is 0.0664. The second-order valence-electron chi connectivity index (χ2n) is 4.53. The van der Waals surface area contributed by atoms with Gasteiger partial charge in [-0.05, 0) is 12.8 Å². The zero-order valence-electron chi connectivity index (χ0n) is 11.0. The van der Waals surface area contributed by atoms with Crippen LogP contribution in [0.5, 0.6) is 0 Å². The Morgan fingerprint density at radius 3 is 2.83 bits per heavy atom. The first kappa shape index (κ1) is 12.7. The lowest BCUT2D eigenvalue weighted by Gasteiger charge is -2.21. The SMILES string of the molecule is CCCCN(CCC)C(=O)c1cc2occc2[nH]1. The van der Waals surface area contributed by atoms with Gasteiger partial charge in [0.05, 0.1) is 11.8 Å². The molecule has 0 aliphatic carbocycles. The molecule has 0 unspecified atom stereocenters. The molecule has 0 spiro atoms. The molecule has 1 N–H and O–H groups in total. The van der Waals surface area contributed by atoms with Crippen molar-refractivity contribution in [2.75, 3.05) is 13.1 Å². The summed E-state index contributed by atoms with van der Waals surface area (Å²) in [6, 6.07) is 3.62. The van der Waals surface area contributed by atoms with Gasteiger partial charge in [0, 0.05) is 25.2 Å². The number of carbonyl (C=O) groups is 1. The molecule has 0 aromatic carbocycles. The van der Waals surface area contributed by atoms with Crippen LogP contribution in [0.4, 0.5) is 0 Å². The standard InChI is InChI=1S/C14H20N2O2/c1-3-5-8-16(7-4-2)14(17)12-10-13-11(15-12)6-9-18-13/h6,9-10,15H,3-5,7-8H2,1-2H3. The van der Waals surface area contributed by atoms with Crippen molar-refractivity contribution in [2.24, 2.45) is 0 Å². The molecule has 4 nitrogen and oxygen atoms in total. The van der Waals surface area contributed by atoms with Gasteiger partial charge in [-0.25, -0.2) is 0 Å². The van der Waals surface area contributed by atoms with Gasteiger partial charge in [0.25, 0.3) is 5.91 Å². The van der Waals surface area contributed by atoms with Crippen LogP contribution in [-0.2, 0) is 0 Å². The Hall–Kier alpha value is -1.71. The lowest BCUT2D eigenvalue weighted by molar-refractivity contribution is 0.0748. The van der Waals surface area contributed by atoms with Crippen LogP contribution >= 0.6 is 0 Å². The Morgan fingerprint density at radius 1 is 1.33 bits per heavy atom. The maximum Gasteiger partial charge on any atom is 0.270 e. The number of hydrogen-bond donors (Lipinski definition) is 1. The first-order valence-electron chi connectivity index (χ1n) is 6.61. The van der Waals surface area contributed by atoms with Gasteiger partial charge in [-0.3, -0.25) is 4.79 Å². The topological polar surface area (TPSA) is 49.2 Å². The van der Waals surface area contributed by atoms with E-state index in [1.54, 1.807) is 12.3 Å². The highest BCUT2D eigenvalue weighted by Gasteiger charge is 2.17. The first-order chi connectivity index (χ1) is 8.76. The van der Waals surface area contributed by atoms with Crippen LogP contribution in [0.15, 0.2) is 22.8 Å². The zero-order valence-corrected chi connectivity index (χ0v) is 11.0. The molecule has 0 aliphatic rings. The summed E-state index contributed by atoms with van der Waals surface area (Å²) in [5, 5.41) is 0. The summed E-state index contributed by atoms with van der Waals surface area (Å²) in [5.41, 5.74) is 2.24. The molecule has 98 valence electrons. The van der Waals surface area contributed by atoms with Gasteiger partial charge in [-0.15, -0.1) is 0 Å². The van der Waals surface area contributed by atoms with Gasteiger partial charge < -0.3 is 14.3 Å². The molecule has 0 radical (unpaired) electrons. The highest BCUT2D eigenvalue weighted by Crippen LogP contribution is 2.17. The zero-order chi connectivity index (χ0) is 13.0. The fraction of sp³-hybridized carbons (Fsp3) is 0.500. The number of nitrogens with one attached hydrogen (secondary N) is 1. The van der Waals surface area contributed by atoms with Crippen molar-refractivity contribution in [1.82, 2.24) is 9.88 Å². The summed E-state index contributed by atoms with van der Waals surface area (Å²) in [6.45, 7) is 5.85. The predicted molar refractivity (Wildman–Crippen MR) is 71.7 cm³/mol. The highest BCUT2D eigenvalue weighted by atomic mass is 16.3. The monoisotopic (exact) mass is 248 g/mol. The van der Waals surface area contributed by atoms with E-state index in [0.29, 0.717) is 5.69 Å². The molecule has 0 aliphatic heterocycles. The number of carbonyl (C=O) groups excluding carboxylic acids is 1. The average Bonchev–Trinajstić information content (AvgIpc) is 2.94. The number of unbranched alkanes of at least 4 members (excludes halogenated alkanes) is 1. The van der Waals surface area contributed by atoms with E-state index in [1.165, 1.54) is 0 Å². The van der Waals surface area contributed by atoms with Crippen LogP contribution in [0, 0.1) is 0 Å². The predicted octanol–water partition coefficient (Wildman–Crippen LogP) is 3.41. The molecule has 0 saturated carbocycles. The average molecular weight is 248 g/mol. The summed E-state index contributed by atoms with van der Waals surface area (Å²) >= 11 is 0. The van der Waals surface area contributed by atoms with Crippen LogP contribution in [-0.4, -0.2) is 28.9 Å². The van der Waals surface area contributed by atoms with Crippen LogP contribution in [0.3, 0.4) is 0 Å². The van der Waals surface area contributed by atoms with Crippen LogP contribution in [0.25, 0.3) is 11.1 Å². The largest absolute Gasteiger partial charge is 0.463 e. The molecule has 18 heavy (non-hydrogen) atoms. The summed E-state index contributed by atoms with van der Waals surface area (Å²) < 4.78 is 5.27. The van der Waals surface area contributed by atoms with Crippen molar-refractivity contribution in [3.8, 4) is 0 Å². The molecular formula is C14H20N2O2. The fourth-order valence-electron chi connectivity index (χ4n) is 2.07. The highest BCUT2D eigenvalue weighted by molar-refractivity contribution is 5.96. The molecule has 0 fully saturated rings. The summed E-state index contributed by atoms with van der Waals surface area (Å²) in [6.07, 6.45) is 4.74. The minimum atomic E-state index is 0.0664. The molecule has 0 atom stereocenters. The van der Waals surface area contributed by atoms with Gasteiger partial charge in [-0.1, -0.05) is 20.3 Å². The van der Waals surface area contributed by atoms with E-state index >= 15 is 0 Å². The maximum absolute atomic E-state index is 12.4. The summed E-state index contributed by atoms with van der Waals surface area (Å²) in [7, 11) is 0. The number of amides is 1. The van der Waals surface area contributed by atoms with Gasteiger partial charge in [-0.2, -0.15) is 0 Å². The lowest BCUT2D eigenvalue weighted by Crippen LogP contribution is -2.32. The molecular weight excluding hydrogens is 228 g/mol. The molecule has 2 rings (SSSR count). The number of aromatic nitrogens is 1. The van der Waals surface area contributed by atoms with Crippen molar-refractivity contribution in [3.05, 3.63) is 24.1 Å². The fourth-order valence-corrected chi connectivity index (χ4v) is 2.07. The Bertz CT molecular complexity index is 484. The third-order valence-electron chi connectivity index (χ3n) is 3.03. The van der Waals surface area contributed by atoms with E-state index in [1.807, 2.05) is 11.0 Å². The van der Waals surface area contributed by atoms with Crippen molar-refractivity contribution >= 4 is 17.0 Å². The van der Waals surface area contributed by atoms with Crippen molar-refractivity contribution < 1.29 is 9.21 Å². The number of hydrogen-bond acceptors (Lipinski definition) is 2. The third kappa shape index (κ3) is 2.58. The number of aromatic amines is 1.